The summed E-state index contributed by atoms with van der Waals surface area (Å²) in [5.41, 5.74) is 1.58. The highest BCUT2D eigenvalue weighted by atomic mass is 32.2. The molecule has 0 aromatic heterocycles. The highest BCUT2D eigenvalue weighted by Gasteiger charge is 2.30. The van der Waals surface area contributed by atoms with Crippen LogP contribution in [0.3, 0.4) is 0 Å². The molecule has 164 valence electrons. The van der Waals surface area contributed by atoms with Gasteiger partial charge in [0.05, 0.1) is 31.3 Å². The molecule has 0 bridgehead atoms. The molecule has 0 atom stereocenters. The summed E-state index contributed by atoms with van der Waals surface area (Å²) in [6.45, 7) is 4.21. The van der Waals surface area contributed by atoms with Gasteiger partial charge in [0.1, 0.15) is 0 Å². The molecule has 2 saturated heterocycles. The van der Waals surface area contributed by atoms with Crippen molar-refractivity contribution in [1.29, 1.82) is 0 Å². The van der Waals surface area contributed by atoms with Crippen molar-refractivity contribution in [3.63, 3.8) is 0 Å². The van der Waals surface area contributed by atoms with Crippen molar-refractivity contribution in [3.05, 3.63) is 23.8 Å². The third-order valence-electron chi connectivity index (χ3n) is 5.77. The van der Waals surface area contributed by atoms with Crippen LogP contribution in [0.1, 0.15) is 18.4 Å². The van der Waals surface area contributed by atoms with Crippen LogP contribution in [0.2, 0.25) is 0 Å². The largest absolute Gasteiger partial charge is 0.379 e. The molecule has 0 unspecified atom stereocenters. The van der Waals surface area contributed by atoms with Gasteiger partial charge in [-0.1, -0.05) is 0 Å². The highest BCUT2D eigenvalue weighted by molar-refractivity contribution is 7.89. The Morgan fingerprint density at radius 3 is 2.20 bits per heavy atom. The summed E-state index contributed by atoms with van der Waals surface area (Å²) in [6.07, 6.45) is 0.919. The molecule has 3 heterocycles. The van der Waals surface area contributed by atoms with E-state index in [-0.39, 0.29) is 29.6 Å². The number of hydrogen-bond acceptors (Lipinski definition) is 6. The molecule has 0 aliphatic carbocycles. The number of carbonyl (C=O) groups is 2. The van der Waals surface area contributed by atoms with Crippen molar-refractivity contribution in [2.75, 3.05) is 64.1 Å². The van der Waals surface area contributed by atoms with Crippen LogP contribution < -0.4 is 4.90 Å². The number of carbonyl (C=O) groups excluding carboxylic acids is 2. The second-order valence-corrected chi connectivity index (χ2v) is 9.53. The molecule has 1 aromatic carbocycles. The van der Waals surface area contributed by atoms with Crippen molar-refractivity contribution in [1.82, 2.24) is 9.21 Å². The van der Waals surface area contributed by atoms with E-state index in [9.17, 15) is 18.0 Å². The summed E-state index contributed by atoms with van der Waals surface area (Å²) in [7, 11) is -3.57. The van der Waals surface area contributed by atoms with Crippen LogP contribution >= 0.6 is 0 Å². The molecule has 9 nitrogen and oxygen atoms in total. The van der Waals surface area contributed by atoms with Crippen LogP contribution in [0.25, 0.3) is 0 Å². The minimum Gasteiger partial charge on any atom is -0.379 e. The van der Waals surface area contributed by atoms with E-state index >= 15 is 0 Å². The number of anilines is 1. The van der Waals surface area contributed by atoms with Gasteiger partial charge in [-0.15, -0.1) is 0 Å². The Morgan fingerprint density at radius 2 is 1.50 bits per heavy atom. The molecule has 0 spiro atoms. The number of nitrogens with zero attached hydrogens (tertiary/aromatic N) is 3. The van der Waals surface area contributed by atoms with Gasteiger partial charge < -0.3 is 19.3 Å². The minimum atomic E-state index is -3.57. The van der Waals surface area contributed by atoms with Gasteiger partial charge in [0.25, 0.3) is 0 Å². The van der Waals surface area contributed by atoms with Gasteiger partial charge in [0, 0.05) is 51.3 Å². The second-order valence-electron chi connectivity index (χ2n) is 7.60. The third-order valence-corrected chi connectivity index (χ3v) is 7.67. The van der Waals surface area contributed by atoms with E-state index in [1.54, 1.807) is 28.0 Å². The topological polar surface area (TPSA) is 96.5 Å². The lowest BCUT2D eigenvalue weighted by Gasteiger charge is -2.27. The van der Waals surface area contributed by atoms with Gasteiger partial charge in [0.15, 0.2) is 0 Å². The molecule has 0 saturated carbocycles. The number of ether oxygens (including phenoxy) is 2. The number of fused-ring (bicyclic) bond motifs is 1. The summed E-state index contributed by atoms with van der Waals surface area (Å²) in [6, 6.07) is 4.94. The molecular formula is C20H27N3O6S. The molecule has 10 heteroatoms. The predicted molar refractivity (Wildman–Crippen MR) is 109 cm³/mol. The molecule has 2 amide bonds. The number of morpholine rings is 2. The first-order chi connectivity index (χ1) is 14.5. The molecule has 30 heavy (non-hydrogen) atoms. The standard InChI is InChI=1S/C20H27N3O6S/c24-19(21-7-11-28-12-8-21)3-4-20(25)23-6-5-16-15-17(1-2-18(16)23)30(26,27)22-9-13-29-14-10-22/h1-2,15H,3-14H2. The first-order valence-electron chi connectivity index (χ1n) is 10.3. The molecule has 3 aliphatic heterocycles. The van der Waals surface area contributed by atoms with E-state index < -0.39 is 10.0 Å². The molecular weight excluding hydrogens is 410 g/mol. The molecule has 0 N–H and O–H groups in total. The zero-order valence-electron chi connectivity index (χ0n) is 16.9. The quantitative estimate of drug-likeness (QED) is 0.655. The van der Waals surface area contributed by atoms with Crippen LogP contribution in [0.15, 0.2) is 23.1 Å². The summed E-state index contributed by atoms with van der Waals surface area (Å²) in [5.74, 6) is -0.142. The molecule has 3 aliphatic rings. The van der Waals surface area contributed by atoms with Gasteiger partial charge in [-0.2, -0.15) is 4.31 Å². The third kappa shape index (κ3) is 4.36. The first-order valence-corrected chi connectivity index (χ1v) is 11.8. The smallest absolute Gasteiger partial charge is 0.243 e. The number of sulfonamides is 1. The number of rotatable bonds is 5. The number of hydrogen-bond donors (Lipinski definition) is 0. The summed E-state index contributed by atoms with van der Waals surface area (Å²) in [5, 5.41) is 0. The Labute approximate surface area is 176 Å². The second kappa shape index (κ2) is 9.01. The molecule has 1 aromatic rings. The SMILES string of the molecule is O=C(CCC(=O)N1CCc2cc(S(=O)(=O)N3CCOCC3)ccc21)N1CCOCC1. The fourth-order valence-electron chi connectivity index (χ4n) is 4.05. The van der Waals surface area contributed by atoms with E-state index in [4.69, 9.17) is 9.47 Å². The van der Waals surface area contributed by atoms with E-state index in [1.807, 2.05) is 0 Å². The summed E-state index contributed by atoms with van der Waals surface area (Å²) in [4.78, 5) is 28.6. The summed E-state index contributed by atoms with van der Waals surface area (Å²) >= 11 is 0. The first kappa shape index (κ1) is 21.2. The lowest BCUT2D eigenvalue weighted by Crippen LogP contribution is -2.41. The Hall–Kier alpha value is -2.01. The van der Waals surface area contributed by atoms with E-state index in [0.717, 1.165) is 11.3 Å². The Morgan fingerprint density at radius 1 is 0.867 bits per heavy atom. The monoisotopic (exact) mass is 437 g/mol. The van der Waals surface area contributed by atoms with Crippen LogP contribution in [-0.2, 0) is 35.5 Å². The zero-order valence-corrected chi connectivity index (χ0v) is 17.7. The minimum absolute atomic E-state index is 0.0296. The van der Waals surface area contributed by atoms with Crippen molar-refractivity contribution >= 4 is 27.5 Å². The van der Waals surface area contributed by atoms with Crippen molar-refractivity contribution in [3.8, 4) is 0 Å². The Kier molecular flexibility index (Phi) is 6.37. The van der Waals surface area contributed by atoms with Gasteiger partial charge in [-0.3, -0.25) is 9.59 Å². The Bertz CT molecular complexity index is 907. The predicted octanol–water partition coefficient (Wildman–Crippen LogP) is 0.236. The van der Waals surface area contributed by atoms with E-state index in [2.05, 4.69) is 0 Å². The molecule has 2 fully saturated rings. The van der Waals surface area contributed by atoms with Crippen LogP contribution in [0.5, 0.6) is 0 Å². The fourth-order valence-corrected chi connectivity index (χ4v) is 5.51. The van der Waals surface area contributed by atoms with Crippen LogP contribution in [-0.4, -0.2) is 88.6 Å². The van der Waals surface area contributed by atoms with Gasteiger partial charge in [-0.25, -0.2) is 8.42 Å². The molecule has 4 rings (SSSR count). The van der Waals surface area contributed by atoms with Crippen molar-refractivity contribution in [2.45, 2.75) is 24.2 Å². The maximum Gasteiger partial charge on any atom is 0.243 e. The van der Waals surface area contributed by atoms with Gasteiger partial charge in [0.2, 0.25) is 21.8 Å². The zero-order chi connectivity index (χ0) is 21.1. The number of benzene rings is 1. The van der Waals surface area contributed by atoms with E-state index in [0.29, 0.717) is 65.6 Å². The van der Waals surface area contributed by atoms with Gasteiger partial charge in [-0.05, 0) is 30.2 Å². The lowest BCUT2D eigenvalue weighted by molar-refractivity contribution is -0.136. The fraction of sp³-hybridized carbons (Fsp3) is 0.600. The number of amides is 2. The summed E-state index contributed by atoms with van der Waals surface area (Å²) < 4.78 is 37.7. The average molecular weight is 438 g/mol. The Balaban J connectivity index is 1.40. The van der Waals surface area contributed by atoms with E-state index in [1.165, 1.54) is 4.31 Å². The van der Waals surface area contributed by atoms with Crippen LogP contribution in [0.4, 0.5) is 5.69 Å². The maximum atomic E-state index is 12.9. The lowest BCUT2D eigenvalue weighted by atomic mass is 10.2. The average Bonchev–Trinajstić information content (AvgIpc) is 3.22. The van der Waals surface area contributed by atoms with Crippen molar-refractivity contribution < 1.29 is 27.5 Å². The highest BCUT2D eigenvalue weighted by Crippen LogP contribution is 2.32. The normalized spacial score (nSPS) is 20.3. The van der Waals surface area contributed by atoms with Gasteiger partial charge >= 0.3 is 0 Å². The van der Waals surface area contributed by atoms with Crippen LogP contribution in [0, 0.1) is 0 Å². The maximum absolute atomic E-state index is 12.9. The van der Waals surface area contributed by atoms with Crippen molar-refractivity contribution in [2.24, 2.45) is 0 Å². The molecule has 0 radical (unpaired) electrons.